The Bertz CT molecular complexity index is 4690. The number of nitrogens with one attached hydrogen (secondary N) is 2. The molecule has 0 aliphatic heterocycles. The molecule has 0 bridgehead atoms. The number of hydrogen-bond donors (Lipinski definition) is 5. The second-order valence-corrected chi connectivity index (χ2v) is 19.6. The summed E-state index contributed by atoms with van der Waals surface area (Å²) in [5.74, 6) is 0.662. The summed E-state index contributed by atoms with van der Waals surface area (Å²) in [6, 6.07) is 23.3. The predicted octanol–water partition coefficient (Wildman–Crippen LogP) is 13.4. The molecule has 12 rings (SSSR count). The fraction of sp³-hybridized carbons (Fsp3) is 0.0909. The Balaban J connectivity index is 0.000000176. The van der Waals surface area contributed by atoms with Crippen LogP contribution in [-0.2, 0) is 30.9 Å². The summed E-state index contributed by atoms with van der Waals surface area (Å²) in [7, 11) is 0. The molecule has 46 heteroatoms. The Morgan fingerprint density at radius 2 is 0.812 bits per heavy atom. The average Bonchev–Trinajstić information content (AvgIpc) is 1.82. The number of rotatable bonds is 9. The van der Waals surface area contributed by atoms with Gasteiger partial charge in [-0.1, -0.05) is 5.16 Å². The zero-order chi connectivity index (χ0) is 73.7. The van der Waals surface area contributed by atoms with Gasteiger partial charge in [-0.3, -0.25) is 4.98 Å². The molecule has 7 N–H and O–H groups in total. The van der Waals surface area contributed by atoms with Crippen molar-refractivity contribution in [1.29, 1.82) is 10.5 Å². The van der Waals surface area contributed by atoms with E-state index in [9.17, 15) is 65.9 Å². The van der Waals surface area contributed by atoms with Gasteiger partial charge in [0.15, 0.2) is 63.7 Å². The molecule has 12 heterocycles. The summed E-state index contributed by atoms with van der Waals surface area (Å²) < 4.78 is 204. The minimum absolute atomic E-state index is 0.0695. The van der Waals surface area contributed by atoms with E-state index >= 15 is 0 Å². The van der Waals surface area contributed by atoms with E-state index in [0.717, 1.165) is 48.9 Å². The minimum atomic E-state index is -4.57. The van der Waals surface area contributed by atoms with Crippen LogP contribution in [0.25, 0.3) is 45.8 Å². The maximum atomic E-state index is 12.5. The fourth-order valence-electron chi connectivity index (χ4n) is 6.46. The van der Waals surface area contributed by atoms with Crippen LogP contribution < -0.4 is 22.1 Å². The van der Waals surface area contributed by atoms with E-state index in [-0.39, 0.29) is 84.5 Å². The van der Waals surface area contributed by atoms with Crippen LogP contribution >= 0.6 is 31.9 Å². The van der Waals surface area contributed by atoms with Crippen molar-refractivity contribution in [2.24, 2.45) is 10.9 Å². The van der Waals surface area contributed by atoms with E-state index in [2.05, 4.69) is 134 Å². The number of nitrogens with two attached hydrogens (primary N) is 2. The van der Waals surface area contributed by atoms with Crippen LogP contribution in [-0.4, -0.2) is 96.9 Å². The zero-order valence-electron chi connectivity index (χ0n) is 49.0. The van der Waals surface area contributed by atoms with Crippen molar-refractivity contribution < 1.29 is 88.7 Å². The number of aromatic nitrogens is 17. The number of nitrogens with zero attached hydrogens (tertiary/aromatic N) is 20. The SMILES string of the molecule is FC(F)(F)c1ccc(-c2cnc(Br)o2)nn1.FC(F)(F)c1ccc(-c2cnco2)nn1.FC(F)(F)c1ccc(Br)nn1.N#Cc1ccc(N)cn1.N#Cc1ccc(Nc2ncc(-c3ccc(C(F)(F)F)nn3)o2)cn1.N/C(=N\O)c1ccc(Nc2ncc(-c3ccc(C(F)(F)F)nn3)o2)cn1. The quantitative estimate of drug-likeness (QED) is 0.0294. The lowest BCUT2D eigenvalue weighted by Gasteiger charge is -2.04. The van der Waals surface area contributed by atoms with Crippen LogP contribution in [0.1, 0.15) is 45.6 Å². The van der Waals surface area contributed by atoms with Crippen LogP contribution in [0.3, 0.4) is 0 Å². The number of anilines is 5. The Morgan fingerprint density at radius 1 is 0.426 bits per heavy atom. The summed E-state index contributed by atoms with van der Waals surface area (Å²) in [6.07, 6.45) is -11.8. The van der Waals surface area contributed by atoms with Gasteiger partial charge in [-0.25, -0.2) is 29.9 Å². The average molecular weight is 1550 g/mol. The highest BCUT2D eigenvalue weighted by Gasteiger charge is 2.36. The van der Waals surface area contributed by atoms with E-state index in [1.54, 1.807) is 24.3 Å². The third-order valence-electron chi connectivity index (χ3n) is 11.1. The van der Waals surface area contributed by atoms with Gasteiger partial charge in [0.25, 0.3) is 16.8 Å². The fourth-order valence-corrected chi connectivity index (χ4v) is 6.95. The maximum Gasteiger partial charge on any atom is 0.435 e. The summed E-state index contributed by atoms with van der Waals surface area (Å²) in [5.41, 5.74) is 8.58. The Hall–Kier alpha value is -12.8. The molecule has 0 atom stereocenters. The molecular weight excluding hydrogens is 1520 g/mol. The highest BCUT2D eigenvalue weighted by molar-refractivity contribution is 9.10. The molecule has 0 saturated heterocycles. The molecule has 0 radical (unpaired) electrons. The summed E-state index contributed by atoms with van der Waals surface area (Å²) in [5, 5.41) is 66.2. The van der Waals surface area contributed by atoms with E-state index in [0.29, 0.717) is 22.8 Å². The van der Waals surface area contributed by atoms with Gasteiger partial charge in [-0.05, 0) is 113 Å². The number of hydrogen-bond acceptors (Lipinski definition) is 28. The minimum Gasteiger partial charge on any atom is -0.442 e. The van der Waals surface area contributed by atoms with E-state index in [1.807, 2.05) is 12.1 Å². The van der Waals surface area contributed by atoms with Gasteiger partial charge in [0.05, 0.1) is 60.4 Å². The van der Waals surface area contributed by atoms with Crippen molar-refractivity contribution in [3.05, 3.63) is 202 Å². The van der Waals surface area contributed by atoms with Crippen LogP contribution in [0, 0.1) is 22.7 Å². The lowest BCUT2D eigenvalue weighted by atomic mass is 10.3. The molecule has 0 aliphatic carbocycles. The smallest absolute Gasteiger partial charge is 0.435 e. The van der Waals surface area contributed by atoms with Gasteiger partial charge in [0.1, 0.15) is 56.6 Å². The number of nitrogen functional groups attached to an aromatic ring is 1. The molecule has 0 fully saturated rings. The number of nitriles is 2. The van der Waals surface area contributed by atoms with Crippen LogP contribution in [0.2, 0.25) is 0 Å². The van der Waals surface area contributed by atoms with Gasteiger partial charge >= 0.3 is 30.9 Å². The van der Waals surface area contributed by atoms with Gasteiger partial charge in [-0.15, -0.1) is 51.0 Å². The monoisotopic (exact) mass is 1550 g/mol. The lowest BCUT2D eigenvalue weighted by Crippen LogP contribution is -2.14. The first-order chi connectivity index (χ1) is 47.7. The van der Waals surface area contributed by atoms with Crippen molar-refractivity contribution in [1.82, 2.24) is 85.9 Å². The third-order valence-corrected chi connectivity index (χ3v) is 11.9. The largest absolute Gasteiger partial charge is 0.442 e. The lowest BCUT2D eigenvalue weighted by molar-refractivity contribution is -0.142. The highest BCUT2D eigenvalue weighted by atomic mass is 79.9. The van der Waals surface area contributed by atoms with E-state index < -0.39 is 59.4 Å². The Labute approximate surface area is 567 Å². The zero-order valence-corrected chi connectivity index (χ0v) is 52.1. The molecular formula is C55H31Br2F15N24O5. The molecule has 520 valence electrons. The molecule has 0 unspecified atom stereocenters. The summed E-state index contributed by atoms with van der Waals surface area (Å²) in [4.78, 5) is 27.0. The van der Waals surface area contributed by atoms with Crippen LogP contribution in [0.4, 0.5) is 94.9 Å². The van der Waals surface area contributed by atoms with Crippen molar-refractivity contribution in [3.8, 4) is 58.0 Å². The second kappa shape index (κ2) is 33.5. The van der Waals surface area contributed by atoms with Crippen molar-refractivity contribution in [3.63, 3.8) is 0 Å². The number of alkyl halides is 15. The molecule has 12 aromatic rings. The molecule has 12 aromatic heterocycles. The first kappa shape index (κ1) is 75.6. The van der Waals surface area contributed by atoms with Gasteiger partial charge in [0, 0.05) is 15.9 Å². The molecule has 0 amide bonds. The number of oxime groups is 1. The molecule has 101 heavy (non-hydrogen) atoms. The number of amidine groups is 1. The van der Waals surface area contributed by atoms with Crippen LogP contribution in [0.5, 0.6) is 0 Å². The van der Waals surface area contributed by atoms with Crippen molar-refractivity contribution in [2.75, 3.05) is 16.4 Å². The molecule has 0 saturated carbocycles. The molecule has 29 nitrogen and oxygen atoms in total. The topological polar surface area (TPSA) is 428 Å². The van der Waals surface area contributed by atoms with Gasteiger partial charge < -0.3 is 45.0 Å². The van der Waals surface area contributed by atoms with Crippen LogP contribution in [0.15, 0.2) is 179 Å². The first-order valence-electron chi connectivity index (χ1n) is 26.3. The van der Waals surface area contributed by atoms with Crippen molar-refractivity contribution >= 4 is 66.8 Å². The number of oxazole rings is 4. The maximum absolute atomic E-state index is 12.5. The summed E-state index contributed by atoms with van der Waals surface area (Å²) >= 11 is 5.84. The Kier molecular flexibility index (Phi) is 25.1. The van der Waals surface area contributed by atoms with Crippen molar-refractivity contribution in [2.45, 2.75) is 30.9 Å². The molecule has 0 aliphatic rings. The molecule has 0 spiro atoms. The standard InChI is InChI=1S/C14H10F3N7O2.C14H7F3N6O.C8H3BrF3N3O.C8H4F3N3O.C6H5N3.C5H2BrF3N2/c15-14(16,17)11-4-3-8(22-23-11)10-6-20-13(26-10)21-7-1-2-9(19-5-7)12(18)24-25;15-14(16,17)12-4-3-10(22-23-12)11-7-20-13(24-11)21-9-2-1-8(5-18)19-6-9;9-7-13-3-5(16-7)4-1-2-6(15-14-4)8(10,11)12;9-8(10,11)7-2-1-5(13-14-7)6-3-12-4-15-6;7-3-6-2-1-5(8)4-9-6;6-4-2-1-3(10-11-4)5(7,8)9/h1-6,25H,(H2,18,24)(H,20,21);1-4,6-7H,(H,20,21);1-3H;1-4H;1-2,4H,8H2;1-2H. The second-order valence-electron chi connectivity index (χ2n) is 18.1. The number of pyridine rings is 3. The molecule has 0 aromatic carbocycles. The van der Waals surface area contributed by atoms with E-state index in [1.165, 1.54) is 73.7 Å². The van der Waals surface area contributed by atoms with Gasteiger partial charge in [-0.2, -0.15) is 76.4 Å². The van der Waals surface area contributed by atoms with E-state index in [4.69, 9.17) is 44.9 Å². The highest BCUT2D eigenvalue weighted by Crippen LogP contribution is 2.33. The predicted molar refractivity (Wildman–Crippen MR) is 318 cm³/mol. The summed E-state index contributed by atoms with van der Waals surface area (Å²) in [6.45, 7) is 0. The third kappa shape index (κ3) is 23.2. The normalized spacial score (nSPS) is 11.4. The number of halogens is 17. The van der Waals surface area contributed by atoms with Gasteiger partial charge in [0.2, 0.25) is 0 Å². The Morgan fingerprint density at radius 3 is 1.12 bits per heavy atom. The first-order valence-corrected chi connectivity index (χ1v) is 27.9.